The fourth-order valence-corrected chi connectivity index (χ4v) is 8.87. The van der Waals surface area contributed by atoms with Gasteiger partial charge in [0.15, 0.2) is 0 Å². The van der Waals surface area contributed by atoms with Crippen LogP contribution in [0, 0.1) is 23.8 Å². The van der Waals surface area contributed by atoms with Crippen LogP contribution in [0.3, 0.4) is 0 Å². The molecule has 9 aromatic rings. The Bertz CT molecular complexity index is 3470. The van der Waals surface area contributed by atoms with Crippen LogP contribution in [-0.2, 0) is 37.3 Å². The minimum Gasteiger partial charge on any atom is -0.509 e. The minimum absolute atomic E-state index is 0. The van der Waals surface area contributed by atoms with Crippen molar-refractivity contribution in [1.82, 2.24) is 18.7 Å². The quantitative estimate of drug-likeness (QED) is 0.118. The van der Waals surface area contributed by atoms with Gasteiger partial charge in [-0.05, 0) is 90.4 Å². The molecule has 7 aromatic carbocycles. The summed E-state index contributed by atoms with van der Waals surface area (Å²) >= 11 is 0. The first-order valence-corrected chi connectivity index (χ1v) is 22.7. The van der Waals surface area contributed by atoms with Crippen molar-refractivity contribution < 1.29 is 34.6 Å². The summed E-state index contributed by atoms with van der Waals surface area (Å²) in [5, 5.41) is 2.14. The van der Waals surface area contributed by atoms with Gasteiger partial charge in [-0.15, -0.1) is 29.1 Å². The zero-order valence-corrected chi connectivity index (χ0v) is 42.0. The number of nitrogens with zero attached hydrogens (tertiary/aromatic N) is 4. The van der Waals surface area contributed by atoms with Gasteiger partial charge in [0.05, 0.1) is 5.56 Å². The van der Waals surface area contributed by atoms with Gasteiger partial charge in [-0.25, -0.2) is 13.8 Å². The Morgan fingerprint density at radius 2 is 1.13 bits per heavy atom. The third kappa shape index (κ3) is 8.78. The van der Waals surface area contributed by atoms with Gasteiger partial charge in [0, 0.05) is 47.5 Å². The van der Waals surface area contributed by atoms with Gasteiger partial charge in [0.1, 0.15) is 23.1 Å². The molecular formula is C60H52F2N4OPt+2. The first-order valence-electron chi connectivity index (χ1n) is 22.7. The van der Waals surface area contributed by atoms with Crippen LogP contribution in [0.2, 0.25) is 0 Å². The van der Waals surface area contributed by atoms with E-state index in [0.717, 1.165) is 56.2 Å². The Labute approximate surface area is 412 Å². The van der Waals surface area contributed by atoms with Gasteiger partial charge < -0.3 is 9.30 Å². The van der Waals surface area contributed by atoms with Crippen molar-refractivity contribution in [2.75, 3.05) is 0 Å². The van der Waals surface area contributed by atoms with E-state index in [4.69, 9.17) is 9.72 Å². The Morgan fingerprint density at radius 1 is 0.529 bits per heavy atom. The number of halogens is 2. The zero-order valence-electron chi connectivity index (χ0n) is 39.7. The molecule has 0 radical (unpaired) electrons. The van der Waals surface area contributed by atoms with Crippen LogP contribution < -0.4 is 13.9 Å². The predicted octanol–water partition coefficient (Wildman–Crippen LogP) is 15.9. The summed E-state index contributed by atoms with van der Waals surface area (Å²) in [5.41, 5.74) is 11.4. The molecule has 1 aliphatic rings. The molecule has 2 aromatic heterocycles. The van der Waals surface area contributed by atoms with Crippen molar-refractivity contribution in [3.05, 3.63) is 192 Å². The smallest absolute Gasteiger partial charge is 0.509 e. The van der Waals surface area contributed by atoms with E-state index in [2.05, 4.69) is 152 Å². The number of aromatic nitrogens is 2. The van der Waals surface area contributed by atoms with E-state index >= 15 is 0 Å². The molecule has 0 fully saturated rings. The van der Waals surface area contributed by atoms with Gasteiger partial charge in [-0.3, -0.25) is 0 Å². The number of ether oxygens (including phenoxy) is 1. The standard InChI is InChI=1S/C60H52F2N4O.Pt/c1-58(2,3)41-24-25-63-57(33-41)66-53-19-13-11-17-50(53)51-23-22-47(36-56(51)66)67-48-31-39(38-26-42(59(4,5)6)32-43(27-38)60(7,8)9)30-46(35-48)64-37-65(55-21-15-14-20-54(55)64)52-18-12-10-16-49(52)40-28-44(61)34-45(62)29-40;/h10-34H,1-9H3;/q;+2. The van der Waals surface area contributed by atoms with Crippen LogP contribution >= 0.6 is 0 Å². The van der Waals surface area contributed by atoms with Crippen molar-refractivity contribution in [3.63, 3.8) is 0 Å². The zero-order chi connectivity index (χ0) is 47.0. The molecule has 340 valence electrons. The average molecular weight is 1080 g/mol. The molecule has 0 unspecified atom stereocenters. The second kappa shape index (κ2) is 17.4. The van der Waals surface area contributed by atoms with Crippen LogP contribution in [0.1, 0.15) is 79.0 Å². The number of benzene rings is 7. The summed E-state index contributed by atoms with van der Waals surface area (Å²) in [6, 6.07) is 57.8. The summed E-state index contributed by atoms with van der Waals surface area (Å²) in [5.74, 6) is 0.535. The van der Waals surface area contributed by atoms with Gasteiger partial charge in [-0.1, -0.05) is 145 Å². The summed E-state index contributed by atoms with van der Waals surface area (Å²) in [6.07, 6.45) is 1.88. The average Bonchev–Trinajstić information content (AvgIpc) is 3.84. The molecule has 10 rings (SSSR count). The van der Waals surface area contributed by atoms with Crippen LogP contribution in [0.5, 0.6) is 11.5 Å². The predicted molar refractivity (Wildman–Crippen MR) is 270 cm³/mol. The summed E-state index contributed by atoms with van der Waals surface area (Å²) in [4.78, 5) is 4.88. The molecular weight excluding hydrogens is 1030 g/mol. The van der Waals surface area contributed by atoms with E-state index in [0.29, 0.717) is 34.0 Å². The van der Waals surface area contributed by atoms with E-state index in [-0.39, 0.29) is 37.3 Å². The topological polar surface area (TPSA) is 33.1 Å². The normalized spacial score (nSPS) is 12.8. The van der Waals surface area contributed by atoms with E-state index < -0.39 is 11.6 Å². The van der Waals surface area contributed by atoms with Crippen LogP contribution in [-0.4, -0.2) is 15.6 Å². The van der Waals surface area contributed by atoms with Crippen molar-refractivity contribution in [1.29, 1.82) is 0 Å². The number of hydrogen-bond donors (Lipinski definition) is 0. The number of rotatable bonds is 7. The Balaban J connectivity index is 0.00000578. The summed E-state index contributed by atoms with van der Waals surface area (Å²) < 4.78 is 42.4. The number of fused-ring (bicyclic) bond motifs is 4. The van der Waals surface area contributed by atoms with Gasteiger partial charge in [0.2, 0.25) is 5.69 Å². The molecule has 0 saturated carbocycles. The Morgan fingerprint density at radius 3 is 1.81 bits per heavy atom. The van der Waals surface area contributed by atoms with E-state index in [1.165, 1.54) is 28.8 Å². The SMILES string of the molecule is CC(C)(C)c1cc(-c2cc(Oc3[c-]c4c(cc3)c3ccccc3n4-c3cc(C(C)(C)C)ccn3)[c-]c([N+]3=C=[N+](c4ccccc4-c4cc(F)cc(F)c4)c4ccccc43)c2)cc(C(C)(C)C)c1.[Pt+2]. The molecule has 0 saturated heterocycles. The fraction of sp³-hybridized carbons (Fsp3) is 0.200. The molecule has 8 heteroatoms. The first kappa shape index (κ1) is 46.3. The molecule has 0 atom stereocenters. The van der Waals surface area contributed by atoms with Crippen molar-refractivity contribution in [2.45, 2.75) is 78.6 Å². The van der Waals surface area contributed by atoms with Gasteiger partial charge in [0.25, 0.3) is 11.4 Å². The molecule has 0 spiro atoms. The van der Waals surface area contributed by atoms with Crippen LogP contribution in [0.25, 0.3) is 49.9 Å². The Hall–Kier alpha value is -6.78. The Kier molecular flexibility index (Phi) is 11.8. The third-order valence-corrected chi connectivity index (χ3v) is 12.6. The second-order valence-electron chi connectivity index (χ2n) is 20.5. The second-order valence-corrected chi connectivity index (χ2v) is 20.5. The summed E-state index contributed by atoms with van der Waals surface area (Å²) in [7, 11) is 0. The molecule has 5 nitrogen and oxygen atoms in total. The van der Waals surface area contributed by atoms with E-state index in [1.54, 1.807) is 0 Å². The molecule has 68 heavy (non-hydrogen) atoms. The largest absolute Gasteiger partial charge is 2.00 e. The molecule has 1 aliphatic heterocycles. The van der Waals surface area contributed by atoms with Crippen LogP contribution in [0.4, 0.5) is 31.5 Å². The molecule has 0 bridgehead atoms. The third-order valence-electron chi connectivity index (χ3n) is 12.6. The van der Waals surface area contributed by atoms with Crippen LogP contribution in [0.15, 0.2) is 152 Å². The molecule has 0 aliphatic carbocycles. The maximum absolute atomic E-state index is 14.7. The molecule has 3 heterocycles. The molecule has 0 N–H and O–H groups in total. The monoisotopic (exact) mass is 1080 g/mol. The molecule has 0 amide bonds. The number of hydrogen-bond acceptors (Lipinski definition) is 2. The summed E-state index contributed by atoms with van der Waals surface area (Å²) in [6.45, 7) is 20.1. The van der Waals surface area contributed by atoms with Gasteiger partial charge in [-0.2, -0.15) is 6.07 Å². The number of para-hydroxylation sites is 4. The first-order chi connectivity index (χ1) is 31.9. The van der Waals surface area contributed by atoms with E-state index in [9.17, 15) is 8.78 Å². The van der Waals surface area contributed by atoms with Crippen molar-refractivity contribution >= 4 is 50.6 Å². The minimum atomic E-state index is -0.644. The van der Waals surface area contributed by atoms with Crippen molar-refractivity contribution in [2.24, 2.45) is 0 Å². The number of pyridine rings is 1. The van der Waals surface area contributed by atoms with E-state index in [1.807, 2.05) is 76.0 Å². The maximum atomic E-state index is 14.7. The van der Waals surface area contributed by atoms with Gasteiger partial charge >= 0.3 is 27.1 Å². The maximum Gasteiger partial charge on any atom is 2.00 e. The van der Waals surface area contributed by atoms with Crippen molar-refractivity contribution in [3.8, 4) is 39.6 Å². The fourth-order valence-electron chi connectivity index (χ4n) is 8.87.